The van der Waals surface area contributed by atoms with Crippen LogP contribution in [0.3, 0.4) is 0 Å². The van der Waals surface area contributed by atoms with Crippen molar-refractivity contribution in [1.29, 1.82) is 0 Å². The van der Waals surface area contributed by atoms with Crippen LogP contribution in [-0.4, -0.2) is 28.8 Å². The van der Waals surface area contributed by atoms with Crippen LogP contribution in [0.2, 0.25) is 0 Å². The molecule has 0 aromatic heterocycles. The Balaban J connectivity index is 3.52. The smallest absolute Gasteiger partial charge is 0.250 e. The minimum Gasteiger partial charge on any atom is -0.322 e. The second-order valence-electron chi connectivity index (χ2n) is 8.37. The van der Waals surface area contributed by atoms with Crippen LogP contribution in [0.5, 0.6) is 0 Å². The van der Waals surface area contributed by atoms with Gasteiger partial charge in [0.1, 0.15) is 5.41 Å². The number of allylic oxidation sites excluding steroid dienone is 2. The van der Waals surface area contributed by atoms with E-state index in [-0.39, 0.29) is 19.3 Å². The van der Waals surface area contributed by atoms with Gasteiger partial charge in [-0.25, -0.2) is 11.3 Å². The summed E-state index contributed by atoms with van der Waals surface area (Å²) in [6, 6.07) is 8.72. The standard InChI is InChI=1S/C25H38N4O4/c1-5-15-25(24(32)28-27,22(30)18(4)26)16-21(17(3)6-2)20(23(31)29-33)14-10-13-19-11-8-7-9-12-19/h7-13,18,20,33H,5-6,14-16,26-27H2,1-4H3,(H,28,32)(H,29,31)/b13-10?,21-17+/t18-,20+,25-/m1/s1. The lowest BCUT2D eigenvalue weighted by Crippen LogP contribution is -2.54. The normalized spacial score (nSPS) is 15.8. The Hall–Kier alpha value is -2.81. The molecule has 1 rings (SSSR count). The quantitative estimate of drug-likeness (QED) is 0.0766. The van der Waals surface area contributed by atoms with E-state index in [1.165, 1.54) is 6.92 Å². The van der Waals surface area contributed by atoms with Gasteiger partial charge in [0.05, 0.1) is 12.0 Å². The molecule has 0 unspecified atom stereocenters. The molecule has 0 fully saturated rings. The number of amides is 2. The van der Waals surface area contributed by atoms with Crippen molar-refractivity contribution in [2.75, 3.05) is 0 Å². The van der Waals surface area contributed by atoms with Crippen LogP contribution < -0.4 is 22.5 Å². The maximum atomic E-state index is 13.2. The molecule has 182 valence electrons. The van der Waals surface area contributed by atoms with Gasteiger partial charge in [0.2, 0.25) is 5.91 Å². The van der Waals surface area contributed by atoms with E-state index in [4.69, 9.17) is 11.6 Å². The molecular formula is C25H38N4O4. The van der Waals surface area contributed by atoms with Crippen molar-refractivity contribution in [3.8, 4) is 0 Å². The van der Waals surface area contributed by atoms with E-state index in [1.54, 1.807) is 5.48 Å². The molecule has 1 aromatic rings. The first kappa shape index (κ1) is 28.2. The molecule has 2 amide bonds. The Bertz CT molecular complexity index is 864. The Morgan fingerprint density at radius 2 is 1.82 bits per heavy atom. The van der Waals surface area contributed by atoms with Gasteiger partial charge >= 0.3 is 0 Å². The fourth-order valence-corrected chi connectivity index (χ4v) is 4.12. The maximum Gasteiger partial charge on any atom is 0.250 e. The molecule has 0 radical (unpaired) electrons. The molecule has 33 heavy (non-hydrogen) atoms. The van der Waals surface area contributed by atoms with Crippen LogP contribution >= 0.6 is 0 Å². The van der Waals surface area contributed by atoms with Crippen molar-refractivity contribution >= 4 is 23.7 Å². The number of hydrazine groups is 1. The molecule has 8 heteroatoms. The Labute approximate surface area is 196 Å². The first-order valence-corrected chi connectivity index (χ1v) is 11.3. The van der Waals surface area contributed by atoms with Crippen LogP contribution in [-0.2, 0) is 14.4 Å². The van der Waals surface area contributed by atoms with Gasteiger partial charge in [-0.05, 0) is 45.1 Å². The van der Waals surface area contributed by atoms with E-state index in [1.807, 2.05) is 63.3 Å². The second kappa shape index (κ2) is 13.7. The molecule has 0 aliphatic heterocycles. The number of hydroxylamine groups is 1. The fraction of sp³-hybridized carbons (Fsp3) is 0.480. The number of carbonyl (C=O) groups excluding carboxylic acids is 3. The molecule has 3 atom stereocenters. The Kier molecular flexibility index (Phi) is 11.7. The predicted molar refractivity (Wildman–Crippen MR) is 129 cm³/mol. The van der Waals surface area contributed by atoms with Gasteiger partial charge < -0.3 is 5.73 Å². The number of benzene rings is 1. The Morgan fingerprint density at radius 3 is 2.30 bits per heavy atom. The lowest BCUT2D eigenvalue weighted by molar-refractivity contribution is -0.144. The Morgan fingerprint density at radius 1 is 1.18 bits per heavy atom. The summed E-state index contributed by atoms with van der Waals surface area (Å²) < 4.78 is 0. The van der Waals surface area contributed by atoms with Crippen LogP contribution in [0.25, 0.3) is 6.08 Å². The highest BCUT2D eigenvalue weighted by Crippen LogP contribution is 2.39. The molecule has 0 spiro atoms. The predicted octanol–water partition coefficient (Wildman–Crippen LogP) is 3.02. The minimum atomic E-state index is -1.51. The zero-order chi connectivity index (χ0) is 25.0. The molecule has 0 aliphatic rings. The lowest BCUT2D eigenvalue weighted by atomic mass is 9.68. The summed E-state index contributed by atoms with van der Waals surface area (Å²) in [4.78, 5) is 39.0. The van der Waals surface area contributed by atoms with Crippen LogP contribution in [0.1, 0.15) is 65.4 Å². The third-order valence-corrected chi connectivity index (χ3v) is 6.03. The zero-order valence-electron chi connectivity index (χ0n) is 20.1. The van der Waals surface area contributed by atoms with Crippen molar-refractivity contribution in [1.82, 2.24) is 10.9 Å². The monoisotopic (exact) mass is 458 g/mol. The first-order chi connectivity index (χ1) is 15.7. The molecule has 1 aromatic carbocycles. The summed E-state index contributed by atoms with van der Waals surface area (Å²) in [5.41, 5.74) is 10.7. The third-order valence-electron chi connectivity index (χ3n) is 6.03. The first-order valence-electron chi connectivity index (χ1n) is 11.3. The molecule has 0 saturated carbocycles. The molecule has 0 saturated heterocycles. The van der Waals surface area contributed by atoms with E-state index in [0.29, 0.717) is 18.4 Å². The summed E-state index contributed by atoms with van der Waals surface area (Å²) >= 11 is 0. The lowest BCUT2D eigenvalue weighted by Gasteiger charge is -2.35. The van der Waals surface area contributed by atoms with Gasteiger partial charge in [0, 0.05) is 0 Å². The van der Waals surface area contributed by atoms with Crippen LogP contribution in [0.15, 0.2) is 47.6 Å². The number of hydrogen-bond acceptors (Lipinski definition) is 6. The molecular weight excluding hydrogens is 420 g/mol. The third kappa shape index (κ3) is 7.35. The van der Waals surface area contributed by atoms with Gasteiger partial charge in [-0.1, -0.05) is 73.9 Å². The number of hydrogen-bond donors (Lipinski definition) is 5. The fourth-order valence-electron chi connectivity index (χ4n) is 4.12. The van der Waals surface area contributed by atoms with E-state index in [0.717, 1.165) is 11.1 Å². The van der Waals surface area contributed by atoms with Gasteiger partial charge in [0.15, 0.2) is 5.78 Å². The second-order valence-corrected chi connectivity index (χ2v) is 8.37. The van der Waals surface area contributed by atoms with E-state index >= 15 is 0 Å². The average Bonchev–Trinajstić information content (AvgIpc) is 2.83. The van der Waals surface area contributed by atoms with Crippen LogP contribution in [0.4, 0.5) is 0 Å². The summed E-state index contributed by atoms with van der Waals surface area (Å²) in [6.45, 7) is 7.19. The van der Waals surface area contributed by atoms with Gasteiger partial charge in [-0.15, -0.1) is 0 Å². The van der Waals surface area contributed by atoms with Gasteiger partial charge in [-0.3, -0.25) is 25.0 Å². The summed E-state index contributed by atoms with van der Waals surface area (Å²) in [6.07, 6.45) is 5.35. The van der Waals surface area contributed by atoms with Crippen molar-refractivity contribution in [2.24, 2.45) is 22.9 Å². The van der Waals surface area contributed by atoms with Crippen molar-refractivity contribution in [3.63, 3.8) is 0 Å². The SMILES string of the molecule is CCC[C@](C/C(=C(/C)CC)[C@H](CC=Cc1ccccc1)C(=O)NO)(C(=O)NN)C(=O)[C@@H](C)N. The number of carbonyl (C=O) groups is 3. The molecule has 0 bridgehead atoms. The number of rotatable bonds is 13. The molecule has 0 heterocycles. The highest BCUT2D eigenvalue weighted by molar-refractivity contribution is 6.08. The van der Waals surface area contributed by atoms with Gasteiger partial charge in [-0.2, -0.15) is 0 Å². The van der Waals surface area contributed by atoms with E-state index in [2.05, 4.69) is 5.43 Å². The number of Topliss-reactive ketones (excluding diaryl/α,β-unsaturated/α-hetero) is 1. The molecule has 8 nitrogen and oxygen atoms in total. The highest BCUT2D eigenvalue weighted by atomic mass is 16.5. The topological polar surface area (TPSA) is 148 Å². The summed E-state index contributed by atoms with van der Waals surface area (Å²) in [5, 5.41) is 9.45. The van der Waals surface area contributed by atoms with Crippen molar-refractivity contribution in [2.45, 2.75) is 65.8 Å². The minimum absolute atomic E-state index is 0.0127. The summed E-state index contributed by atoms with van der Waals surface area (Å²) in [7, 11) is 0. The van der Waals surface area contributed by atoms with Crippen LogP contribution in [0, 0.1) is 11.3 Å². The van der Waals surface area contributed by atoms with E-state index < -0.39 is 35.0 Å². The van der Waals surface area contributed by atoms with E-state index in [9.17, 15) is 19.6 Å². The zero-order valence-corrected chi connectivity index (χ0v) is 20.1. The average molecular weight is 459 g/mol. The maximum absolute atomic E-state index is 13.2. The number of ketones is 1. The van der Waals surface area contributed by atoms with Crippen molar-refractivity contribution in [3.05, 3.63) is 53.1 Å². The van der Waals surface area contributed by atoms with Gasteiger partial charge in [0.25, 0.3) is 5.91 Å². The largest absolute Gasteiger partial charge is 0.322 e. The number of nitrogens with two attached hydrogens (primary N) is 2. The number of nitrogens with one attached hydrogen (secondary N) is 2. The van der Waals surface area contributed by atoms with Crippen molar-refractivity contribution < 1.29 is 19.6 Å². The molecule has 0 aliphatic carbocycles. The molecule has 7 N–H and O–H groups in total. The summed E-state index contributed by atoms with van der Waals surface area (Å²) in [5.74, 6) is 3.03. The highest BCUT2D eigenvalue weighted by Gasteiger charge is 2.47.